The minimum Gasteiger partial charge on any atom is -0.357 e. The maximum Gasteiger partial charge on any atom is 0.191 e. The molecule has 1 aromatic carbocycles. The second-order valence-corrected chi connectivity index (χ2v) is 10.4. The Balaban J connectivity index is 0.00000450. The number of halogens is 2. The van der Waals surface area contributed by atoms with Crippen molar-refractivity contribution >= 4 is 39.8 Å². The molecular formula is C21H36FIN4O2S. The van der Waals surface area contributed by atoms with Crippen molar-refractivity contribution in [2.45, 2.75) is 52.0 Å². The zero-order valence-electron chi connectivity index (χ0n) is 18.4. The molecule has 1 saturated heterocycles. The van der Waals surface area contributed by atoms with Crippen molar-refractivity contribution in [2.75, 3.05) is 32.4 Å². The summed E-state index contributed by atoms with van der Waals surface area (Å²) >= 11 is 0. The van der Waals surface area contributed by atoms with E-state index in [-0.39, 0.29) is 42.1 Å². The normalized spacial score (nSPS) is 17.8. The summed E-state index contributed by atoms with van der Waals surface area (Å²) in [5.41, 5.74) is 1.18. The standard InChI is InChI=1S/C21H35FN4O2S.HI/c1-5-23-21(25-13-20-7-6-10-26(20)14-16(2)3)24-12-18-11-19(22)9-8-17(18)15-29(4,27)28;/h8-9,11,16,20H,5-7,10,12-15H2,1-4H3,(H2,23,24,25);1H/t20-;/m1./s1. The van der Waals surface area contributed by atoms with Crippen LogP contribution in [0.4, 0.5) is 4.39 Å². The lowest BCUT2D eigenvalue weighted by molar-refractivity contribution is 0.226. The molecule has 0 unspecified atom stereocenters. The van der Waals surface area contributed by atoms with Crippen molar-refractivity contribution in [2.24, 2.45) is 10.9 Å². The maximum absolute atomic E-state index is 13.7. The monoisotopic (exact) mass is 554 g/mol. The molecular weight excluding hydrogens is 518 g/mol. The molecule has 0 aromatic heterocycles. The number of guanidine groups is 1. The van der Waals surface area contributed by atoms with Gasteiger partial charge in [0.05, 0.1) is 12.3 Å². The van der Waals surface area contributed by atoms with E-state index < -0.39 is 9.84 Å². The number of likely N-dealkylation sites (tertiary alicyclic amines) is 1. The number of aliphatic imine (C=N–C) groups is 1. The van der Waals surface area contributed by atoms with Crippen LogP contribution in [-0.4, -0.2) is 57.8 Å². The van der Waals surface area contributed by atoms with Crippen LogP contribution in [0.15, 0.2) is 23.2 Å². The molecule has 6 nitrogen and oxygen atoms in total. The van der Waals surface area contributed by atoms with Gasteiger partial charge in [-0.25, -0.2) is 17.8 Å². The van der Waals surface area contributed by atoms with Gasteiger partial charge in [0.1, 0.15) is 5.82 Å². The van der Waals surface area contributed by atoms with E-state index in [1.54, 1.807) is 0 Å². The van der Waals surface area contributed by atoms with Crippen molar-refractivity contribution in [3.8, 4) is 0 Å². The van der Waals surface area contributed by atoms with Crippen LogP contribution in [0.25, 0.3) is 0 Å². The van der Waals surface area contributed by atoms with E-state index in [1.807, 2.05) is 6.92 Å². The maximum atomic E-state index is 13.7. The molecule has 1 heterocycles. The van der Waals surface area contributed by atoms with Gasteiger partial charge < -0.3 is 10.6 Å². The van der Waals surface area contributed by atoms with E-state index in [0.717, 1.165) is 19.6 Å². The van der Waals surface area contributed by atoms with Gasteiger partial charge in [0.2, 0.25) is 0 Å². The Morgan fingerprint density at radius 3 is 2.67 bits per heavy atom. The van der Waals surface area contributed by atoms with Gasteiger partial charge in [0.25, 0.3) is 0 Å². The van der Waals surface area contributed by atoms with Crippen molar-refractivity contribution < 1.29 is 12.8 Å². The van der Waals surface area contributed by atoms with Crippen LogP contribution in [0.1, 0.15) is 44.7 Å². The summed E-state index contributed by atoms with van der Waals surface area (Å²) in [7, 11) is -3.21. The van der Waals surface area contributed by atoms with Crippen LogP contribution in [0.5, 0.6) is 0 Å². The quantitative estimate of drug-likeness (QED) is 0.279. The molecule has 0 amide bonds. The first-order chi connectivity index (χ1) is 13.7. The van der Waals surface area contributed by atoms with Crippen LogP contribution in [-0.2, 0) is 22.1 Å². The Morgan fingerprint density at radius 1 is 1.30 bits per heavy atom. The number of nitrogens with one attached hydrogen (secondary N) is 2. The first-order valence-electron chi connectivity index (χ1n) is 10.4. The summed E-state index contributed by atoms with van der Waals surface area (Å²) in [6.45, 7) is 10.4. The van der Waals surface area contributed by atoms with Gasteiger partial charge in [-0.15, -0.1) is 24.0 Å². The lowest BCUT2D eigenvalue weighted by Gasteiger charge is -2.27. The van der Waals surface area contributed by atoms with Crippen LogP contribution in [0.2, 0.25) is 0 Å². The summed E-state index contributed by atoms with van der Waals surface area (Å²) in [6.07, 6.45) is 3.56. The highest BCUT2D eigenvalue weighted by Gasteiger charge is 2.24. The lowest BCUT2D eigenvalue weighted by Crippen LogP contribution is -2.45. The average Bonchev–Trinajstić information content (AvgIpc) is 3.04. The SMILES string of the molecule is CCNC(=NCc1cc(F)ccc1CS(C)(=O)=O)NC[C@H]1CCCN1CC(C)C.I. The first-order valence-corrected chi connectivity index (χ1v) is 12.4. The van der Waals surface area contributed by atoms with Crippen LogP contribution in [0, 0.1) is 11.7 Å². The molecule has 0 bridgehead atoms. The Hall–Kier alpha value is -0.940. The Labute approximate surface area is 198 Å². The van der Waals surface area contributed by atoms with E-state index in [0.29, 0.717) is 35.6 Å². The van der Waals surface area contributed by atoms with Crippen molar-refractivity contribution in [1.29, 1.82) is 0 Å². The molecule has 2 rings (SSSR count). The highest BCUT2D eigenvalue weighted by atomic mass is 127. The largest absolute Gasteiger partial charge is 0.357 e. The van der Waals surface area contributed by atoms with Gasteiger partial charge in [-0.05, 0) is 55.5 Å². The van der Waals surface area contributed by atoms with Gasteiger partial charge in [-0.3, -0.25) is 4.90 Å². The van der Waals surface area contributed by atoms with Gasteiger partial charge in [0.15, 0.2) is 15.8 Å². The molecule has 9 heteroatoms. The molecule has 0 saturated carbocycles. The number of sulfone groups is 1. The fourth-order valence-corrected chi connectivity index (χ4v) is 4.57. The van der Waals surface area contributed by atoms with E-state index in [1.165, 1.54) is 37.3 Å². The molecule has 1 atom stereocenters. The van der Waals surface area contributed by atoms with Crippen LogP contribution in [0.3, 0.4) is 0 Å². The second kappa shape index (κ2) is 12.8. The summed E-state index contributed by atoms with van der Waals surface area (Å²) < 4.78 is 37.1. The Kier molecular flexibility index (Phi) is 11.6. The zero-order valence-corrected chi connectivity index (χ0v) is 21.6. The predicted molar refractivity (Wildman–Crippen MR) is 133 cm³/mol. The Morgan fingerprint density at radius 2 is 2.03 bits per heavy atom. The topological polar surface area (TPSA) is 73.8 Å². The molecule has 2 N–H and O–H groups in total. The summed E-state index contributed by atoms with van der Waals surface area (Å²) in [5, 5.41) is 6.63. The van der Waals surface area contributed by atoms with Crippen LogP contribution < -0.4 is 10.6 Å². The second-order valence-electron chi connectivity index (χ2n) is 8.24. The van der Waals surface area contributed by atoms with E-state index in [4.69, 9.17) is 0 Å². The van der Waals surface area contributed by atoms with Gasteiger partial charge in [0, 0.05) is 31.9 Å². The zero-order chi connectivity index (χ0) is 21.4. The summed E-state index contributed by atoms with van der Waals surface area (Å²) in [5.74, 6) is 0.798. The predicted octanol–water partition coefficient (Wildman–Crippen LogP) is 3.16. The fraction of sp³-hybridized carbons (Fsp3) is 0.667. The third-order valence-electron chi connectivity index (χ3n) is 4.94. The van der Waals surface area contributed by atoms with Crippen molar-refractivity contribution in [3.63, 3.8) is 0 Å². The number of hydrogen-bond acceptors (Lipinski definition) is 4. The van der Waals surface area contributed by atoms with Crippen LogP contribution >= 0.6 is 24.0 Å². The van der Waals surface area contributed by atoms with E-state index in [2.05, 4.69) is 34.4 Å². The van der Waals surface area contributed by atoms with Crippen molar-refractivity contribution in [3.05, 3.63) is 35.1 Å². The van der Waals surface area contributed by atoms with Gasteiger partial charge in [-0.1, -0.05) is 19.9 Å². The van der Waals surface area contributed by atoms with Gasteiger partial charge >= 0.3 is 0 Å². The molecule has 1 aromatic rings. The molecule has 30 heavy (non-hydrogen) atoms. The molecule has 0 spiro atoms. The molecule has 1 fully saturated rings. The third-order valence-corrected chi connectivity index (χ3v) is 5.78. The average molecular weight is 555 g/mol. The Bertz CT molecular complexity index is 802. The number of nitrogens with zero attached hydrogens (tertiary/aromatic N) is 2. The van der Waals surface area contributed by atoms with E-state index >= 15 is 0 Å². The number of hydrogen-bond donors (Lipinski definition) is 2. The fourth-order valence-electron chi connectivity index (χ4n) is 3.72. The highest BCUT2D eigenvalue weighted by molar-refractivity contribution is 14.0. The lowest BCUT2D eigenvalue weighted by atomic mass is 10.1. The first kappa shape index (κ1) is 27.1. The summed E-state index contributed by atoms with van der Waals surface area (Å²) in [6, 6.07) is 4.68. The molecule has 1 aliphatic heterocycles. The minimum absolute atomic E-state index is 0. The molecule has 0 radical (unpaired) electrons. The van der Waals surface area contributed by atoms with Gasteiger partial charge in [-0.2, -0.15) is 0 Å². The highest BCUT2D eigenvalue weighted by Crippen LogP contribution is 2.18. The third kappa shape index (κ3) is 9.47. The molecule has 1 aliphatic rings. The van der Waals surface area contributed by atoms with Crippen molar-refractivity contribution in [1.82, 2.24) is 15.5 Å². The van der Waals surface area contributed by atoms with E-state index in [9.17, 15) is 12.8 Å². The summed E-state index contributed by atoms with van der Waals surface area (Å²) in [4.78, 5) is 7.10. The number of rotatable bonds is 9. The molecule has 172 valence electrons. The number of benzene rings is 1. The molecule has 0 aliphatic carbocycles. The minimum atomic E-state index is -3.21. The smallest absolute Gasteiger partial charge is 0.191 e.